The number of hydrogen-bond acceptors (Lipinski definition) is 1. The van der Waals surface area contributed by atoms with E-state index < -0.39 is 0 Å². The van der Waals surface area contributed by atoms with E-state index in [1.165, 1.54) is 62.5 Å². The molecule has 0 heterocycles. The van der Waals surface area contributed by atoms with E-state index in [2.05, 4.69) is 37.3 Å². The van der Waals surface area contributed by atoms with Crippen molar-refractivity contribution in [2.75, 3.05) is 0 Å². The van der Waals surface area contributed by atoms with Gasteiger partial charge in [-0.3, -0.25) is 0 Å². The molecule has 2 aromatic carbocycles. The fourth-order valence-corrected chi connectivity index (χ4v) is 5.83. The first kappa shape index (κ1) is 22.5. The maximum absolute atomic E-state index is 15.0. The highest BCUT2D eigenvalue weighted by atomic mass is 19.1. The van der Waals surface area contributed by atoms with E-state index in [4.69, 9.17) is 0 Å². The molecule has 0 unspecified atom stereocenters. The van der Waals surface area contributed by atoms with Gasteiger partial charge in [0.15, 0.2) is 0 Å². The van der Waals surface area contributed by atoms with Crippen LogP contribution in [-0.4, -0.2) is 11.2 Å². The third-order valence-corrected chi connectivity index (χ3v) is 7.92. The molecule has 0 aromatic heterocycles. The lowest BCUT2D eigenvalue weighted by atomic mass is 9.77. The predicted molar refractivity (Wildman–Crippen MR) is 128 cm³/mol. The number of benzene rings is 2. The second-order valence-electron chi connectivity index (χ2n) is 10.1. The Labute approximate surface area is 188 Å². The van der Waals surface area contributed by atoms with E-state index in [0.29, 0.717) is 17.4 Å². The van der Waals surface area contributed by atoms with Crippen molar-refractivity contribution in [3.63, 3.8) is 0 Å². The van der Waals surface area contributed by atoms with Crippen LogP contribution in [0, 0.1) is 11.7 Å². The molecule has 0 spiro atoms. The molecule has 0 atom stereocenters. The van der Waals surface area contributed by atoms with E-state index in [0.717, 1.165) is 37.2 Å². The Bertz CT molecular complexity index is 811. The molecule has 168 valence electrons. The standard InChI is InChI=1S/C29H39FO/c1-2-3-4-5-21-6-8-24(9-7-21)26-16-19-28(29(30)20-26)25-12-10-22(11-13-25)23-14-17-27(31)18-15-23/h10-13,16,19-21,23-24,27,31H,2-9,14-15,17-18H2,1H3. The van der Waals surface area contributed by atoms with E-state index in [9.17, 15) is 5.11 Å². The summed E-state index contributed by atoms with van der Waals surface area (Å²) < 4.78 is 15.0. The molecular weight excluding hydrogens is 383 g/mol. The first-order valence-corrected chi connectivity index (χ1v) is 12.7. The summed E-state index contributed by atoms with van der Waals surface area (Å²) in [5.41, 5.74) is 4.18. The van der Waals surface area contributed by atoms with Crippen LogP contribution in [0.5, 0.6) is 0 Å². The summed E-state index contributed by atoms with van der Waals surface area (Å²) in [5.74, 6) is 1.85. The number of aliphatic hydroxyl groups is 1. The maximum Gasteiger partial charge on any atom is 0.131 e. The molecule has 2 aliphatic rings. The van der Waals surface area contributed by atoms with Crippen LogP contribution < -0.4 is 0 Å². The molecule has 2 aliphatic carbocycles. The zero-order valence-corrected chi connectivity index (χ0v) is 19.2. The van der Waals surface area contributed by atoms with Crippen molar-refractivity contribution in [3.8, 4) is 11.1 Å². The largest absolute Gasteiger partial charge is 0.393 e. The van der Waals surface area contributed by atoms with E-state index in [1.807, 2.05) is 6.07 Å². The van der Waals surface area contributed by atoms with Crippen molar-refractivity contribution >= 4 is 0 Å². The Balaban J connectivity index is 1.37. The highest BCUT2D eigenvalue weighted by molar-refractivity contribution is 5.65. The van der Waals surface area contributed by atoms with Crippen LogP contribution in [-0.2, 0) is 0 Å². The number of aliphatic hydroxyl groups excluding tert-OH is 1. The topological polar surface area (TPSA) is 20.2 Å². The normalized spacial score (nSPS) is 26.7. The van der Waals surface area contributed by atoms with Gasteiger partial charge in [-0.1, -0.05) is 69.0 Å². The molecule has 4 rings (SSSR count). The minimum atomic E-state index is -0.126. The fourth-order valence-electron chi connectivity index (χ4n) is 5.83. The fraction of sp³-hybridized carbons (Fsp3) is 0.586. The lowest BCUT2D eigenvalue weighted by Gasteiger charge is -2.29. The van der Waals surface area contributed by atoms with Gasteiger partial charge in [0.2, 0.25) is 0 Å². The predicted octanol–water partition coefficient (Wildman–Crippen LogP) is 8.37. The summed E-state index contributed by atoms with van der Waals surface area (Å²) in [5, 5.41) is 9.73. The number of hydrogen-bond donors (Lipinski definition) is 1. The second-order valence-corrected chi connectivity index (χ2v) is 10.1. The highest BCUT2D eigenvalue weighted by Crippen LogP contribution is 2.39. The average molecular weight is 423 g/mol. The maximum atomic E-state index is 15.0. The molecule has 0 bridgehead atoms. The molecule has 31 heavy (non-hydrogen) atoms. The van der Waals surface area contributed by atoms with E-state index in [-0.39, 0.29) is 11.9 Å². The molecule has 2 saturated carbocycles. The first-order valence-electron chi connectivity index (χ1n) is 12.7. The number of rotatable bonds is 7. The zero-order chi connectivity index (χ0) is 21.6. The molecule has 0 saturated heterocycles. The zero-order valence-electron chi connectivity index (χ0n) is 19.2. The van der Waals surface area contributed by atoms with Gasteiger partial charge in [0.05, 0.1) is 6.10 Å². The van der Waals surface area contributed by atoms with Crippen LogP contribution in [0.1, 0.15) is 107 Å². The molecule has 2 heteroatoms. The highest BCUT2D eigenvalue weighted by Gasteiger charge is 2.23. The molecule has 0 amide bonds. The minimum absolute atomic E-state index is 0.0869. The quantitative estimate of drug-likeness (QED) is 0.444. The monoisotopic (exact) mass is 422 g/mol. The van der Waals surface area contributed by atoms with E-state index >= 15 is 4.39 Å². The van der Waals surface area contributed by atoms with Crippen molar-refractivity contribution in [1.82, 2.24) is 0 Å². The average Bonchev–Trinajstić information content (AvgIpc) is 2.80. The Morgan fingerprint density at radius 2 is 1.39 bits per heavy atom. The molecule has 2 fully saturated rings. The Morgan fingerprint density at radius 1 is 0.774 bits per heavy atom. The Hall–Kier alpha value is -1.67. The molecule has 0 radical (unpaired) electrons. The minimum Gasteiger partial charge on any atom is -0.393 e. The summed E-state index contributed by atoms with van der Waals surface area (Å²) in [6.45, 7) is 2.27. The summed E-state index contributed by atoms with van der Waals surface area (Å²) >= 11 is 0. The van der Waals surface area contributed by atoms with Gasteiger partial charge in [-0.2, -0.15) is 0 Å². The summed E-state index contributed by atoms with van der Waals surface area (Å²) in [7, 11) is 0. The third kappa shape index (κ3) is 5.77. The van der Waals surface area contributed by atoms with Crippen molar-refractivity contribution in [3.05, 3.63) is 59.4 Å². The van der Waals surface area contributed by atoms with Crippen molar-refractivity contribution in [2.45, 2.75) is 102 Å². The molecular formula is C29H39FO. The van der Waals surface area contributed by atoms with Gasteiger partial charge in [0, 0.05) is 5.56 Å². The summed E-state index contributed by atoms with van der Waals surface area (Å²) in [6.07, 6.45) is 14.2. The van der Waals surface area contributed by atoms with Crippen LogP contribution in [0.4, 0.5) is 4.39 Å². The Morgan fingerprint density at radius 3 is 2.03 bits per heavy atom. The summed E-state index contributed by atoms with van der Waals surface area (Å²) in [6, 6.07) is 14.4. The van der Waals surface area contributed by atoms with Crippen molar-refractivity contribution in [1.29, 1.82) is 0 Å². The number of unbranched alkanes of at least 4 members (excludes halogenated alkanes) is 2. The third-order valence-electron chi connectivity index (χ3n) is 7.92. The van der Waals surface area contributed by atoms with Crippen LogP contribution in [0.3, 0.4) is 0 Å². The van der Waals surface area contributed by atoms with Crippen LogP contribution in [0.2, 0.25) is 0 Å². The molecule has 2 aromatic rings. The van der Waals surface area contributed by atoms with E-state index in [1.54, 1.807) is 6.07 Å². The molecule has 1 nitrogen and oxygen atoms in total. The summed E-state index contributed by atoms with van der Waals surface area (Å²) in [4.78, 5) is 0. The SMILES string of the molecule is CCCCCC1CCC(c2ccc(-c3ccc(C4CCC(O)CC4)cc3)c(F)c2)CC1. The Kier molecular flexibility index (Phi) is 7.82. The lowest BCUT2D eigenvalue weighted by Crippen LogP contribution is -2.16. The second kappa shape index (κ2) is 10.8. The smallest absolute Gasteiger partial charge is 0.131 e. The van der Waals surface area contributed by atoms with Gasteiger partial charge < -0.3 is 5.11 Å². The van der Waals surface area contributed by atoms with Crippen LogP contribution >= 0.6 is 0 Å². The molecule has 0 aliphatic heterocycles. The van der Waals surface area contributed by atoms with Gasteiger partial charge in [0.25, 0.3) is 0 Å². The van der Waals surface area contributed by atoms with Crippen LogP contribution in [0.25, 0.3) is 11.1 Å². The van der Waals surface area contributed by atoms with Crippen molar-refractivity contribution < 1.29 is 9.50 Å². The lowest BCUT2D eigenvalue weighted by molar-refractivity contribution is 0.122. The van der Waals surface area contributed by atoms with Gasteiger partial charge in [-0.05, 0) is 91.9 Å². The number of halogens is 1. The van der Waals surface area contributed by atoms with Crippen molar-refractivity contribution in [2.24, 2.45) is 5.92 Å². The van der Waals surface area contributed by atoms with Gasteiger partial charge in [-0.15, -0.1) is 0 Å². The van der Waals surface area contributed by atoms with Gasteiger partial charge >= 0.3 is 0 Å². The molecule has 1 N–H and O–H groups in total. The first-order chi connectivity index (χ1) is 15.1. The van der Waals surface area contributed by atoms with Gasteiger partial charge in [0.1, 0.15) is 5.82 Å². The van der Waals surface area contributed by atoms with Crippen LogP contribution in [0.15, 0.2) is 42.5 Å². The van der Waals surface area contributed by atoms with Gasteiger partial charge in [-0.25, -0.2) is 4.39 Å².